The van der Waals surface area contributed by atoms with Crippen LogP contribution in [0, 0.1) is 5.82 Å². The first-order valence-electron chi connectivity index (χ1n) is 4.87. The highest BCUT2D eigenvalue weighted by Gasteiger charge is 2.01. The summed E-state index contributed by atoms with van der Waals surface area (Å²) in [4.78, 5) is 0. The van der Waals surface area contributed by atoms with Gasteiger partial charge in [-0.2, -0.15) is 11.8 Å². The molecule has 4 heteroatoms. The van der Waals surface area contributed by atoms with Gasteiger partial charge in [0.2, 0.25) is 0 Å². The summed E-state index contributed by atoms with van der Waals surface area (Å²) in [6.07, 6.45) is 0.987. The Labute approximate surface area is 99.2 Å². The molecule has 0 radical (unpaired) electrons. The average Bonchev–Trinajstić information content (AvgIpc) is 2.18. The van der Waals surface area contributed by atoms with Crippen LogP contribution < -0.4 is 5.73 Å². The van der Waals surface area contributed by atoms with Crippen LogP contribution in [0.2, 0.25) is 5.02 Å². The number of hydrogen-bond donors (Lipinski definition) is 1. The fraction of sp³-hybridized carbons (Fsp3) is 0.455. The lowest BCUT2D eigenvalue weighted by atomic mass is 10.2. The van der Waals surface area contributed by atoms with Crippen molar-refractivity contribution >= 4 is 23.4 Å². The summed E-state index contributed by atoms with van der Waals surface area (Å²) < 4.78 is 13.1. The fourth-order valence-electron chi connectivity index (χ4n) is 1.09. The highest BCUT2D eigenvalue weighted by Crippen LogP contribution is 2.19. The van der Waals surface area contributed by atoms with Crippen LogP contribution >= 0.6 is 23.4 Å². The van der Waals surface area contributed by atoms with E-state index in [4.69, 9.17) is 17.3 Å². The third-order valence-corrected chi connectivity index (χ3v) is 3.34. The first-order valence-corrected chi connectivity index (χ1v) is 6.40. The third kappa shape index (κ3) is 4.87. The number of hydrogen-bond acceptors (Lipinski definition) is 2. The van der Waals surface area contributed by atoms with E-state index in [1.165, 1.54) is 6.07 Å². The maximum Gasteiger partial charge on any atom is 0.142 e. The predicted octanol–water partition coefficient (Wildman–Crippen LogP) is 3.45. The number of rotatable bonds is 5. The van der Waals surface area contributed by atoms with E-state index in [2.05, 4.69) is 0 Å². The summed E-state index contributed by atoms with van der Waals surface area (Å²) in [6, 6.07) is 5.17. The Morgan fingerprint density at radius 2 is 2.27 bits per heavy atom. The molecule has 0 amide bonds. The van der Waals surface area contributed by atoms with E-state index in [0.29, 0.717) is 0 Å². The maximum atomic E-state index is 13.1. The average molecular weight is 248 g/mol. The van der Waals surface area contributed by atoms with Gasteiger partial charge in [-0.3, -0.25) is 0 Å². The molecule has 0 aliphatic carbocycles. The predicted molar refractivity (Wildman–Crippen MR) is 65.8 cm³/mol. The first kappa shape index (κ1) is 12.8. The molecule has 1 nitrogen and oxygen atoms in total. The summed E-state index contributed by atoms with van der Waals surface area (Å²) >= 11 is 7.34. The van der Waals surface area contributed by atoms with Gasteiger partial charge in [0.25, 0.3) is 0 Å². The van der Waals surface area contributed by atoms with E-state index < -0.39 is 0 Å². The molecule has 0 saturated heterocycles. The Morgan fingerprint density at radius 1 is 1.53 bits per heavy atom. The van der Waals surface area contributed by atoms with Crippen molar-refractivity contribution in [1.29, 1.82) is 0 Å². The molecule has 0 spiro atoms. The molecule has 0 aliphatic heterocycles. The minimum Gasteiger partial charge on any atom is -0.328 e. The van der Waals surface area contributed by atoms with Crippen LogP contribution in [0.1, 0.15) is 18.9 Å². The zero-order valence-electron chi connectivity index (χ0n) is 8.67. The lowest BCUT2D eigenvalue weighted by molar-refractivity contribution is 0.627. The molecule has 0 heterocycles. The first-order chi connectivity index (χ1) is 7.09. The molecular weight excluding hydrogens is 233 g/mol. The Kier molecular flexibility index (Phi) is 5.43. The Balaban J connectivity index is 2.35. The normalized spacial score (nSPS) is 12.8. The second-order valence-electron chi connectivity index (χ2n) is 3.57. The largest absolute Gasteiger partial charge is 0.328 e. The smallest absolute Gasteiger partial charge is 0.142 e. The topological polar surface area (TPSA) is 26.0 Å². The van der Waals surface area contributed by atoms with Crippen molar-refractivity contribution in [2.45, 2.75) is 25.1 Å². The van der Waals surface area contributed by atoms with Crippen LogP contribution in [0.15, 0.2) is 18.2 Å². The van der Waals surface area contributed by atoms with Crippen LogP contribution in [0.3, 0.4) is 0 Å². The molecule has 0 saturated carbocycles. The Hall–Kier alpha value is -0.250. The van der Waals surface area contributed by atoms with Crippen LogP contribution in [0.4, 0.5) is 4.39 Å². The van der Waals surface area contributed by atoms with Gasteiger partial charge in [0.15, 0.2) is 0 Å². The highest BCUT2D eigenvalue weighted by molar-refractivity contribution is 7.98. The number of benzene rings is 1. The lowest BCUT2D eigenvalue weighted by Crippen LogP contribution is -2.15. The summed E-state index contributed by atoms with van der Waals surface area (Å²) in [5.74, 6) is 1.46. The van der Waals surface area contributed by atoms with Crippen molar-refractivity contribution < 1.29 is 4.39 Å². The van der Waals surface area contributed by atoms with Crippen molar-refractivity contribution in [1.82, 2.24) is 0 Å². The zero-order chi connectivity index (χ0) is 11.3. The number of halogens is 2. The Bertz CT molecular complexity index is 317. The SMILES string of the molecule is CC(N)CCSCc1ccc(Cl)c(F)c1. The molecule has 0 bridgehead atoms. The van der Waals surface area contributed by atoms with Crippen molar-refractivity contribution in [3.63, 3.8) is 0 Å². The van der Waals surface area contributed by atoms with E-state index in [9.17, 15) is 4.39 Å². The van der Waals surface area contributed by atoms with E-state index in [0.717, 1.165) is 23.5 Å². The summed E-state index contributed by atoms with van der Waals surface area (Å²) in [5.41, 5.74) is 6.59. The van der Waals surface area contributed by atoms with Crippen molar-refractivity contribution in [3.8, 4) is 0 Å². The minimum atomic E-state index is -0.345. The summed E-state index contributed by atoms with van der Waals surface area (Å²) in [7, 11) is 0. The quantitative estimate of drug-likeness (QED) is 0.807. The van der Waals surface area contributed by atoms with E-state index >= 15 is 0 Å². The minimum absolute atomic E-state index is 0.180. The molecule has 1 atom stereocenters. The van der Waals surface area contributed by atoms with Gasteiger partial charge in [0.1, 0.15) is 5.82 Å². The molecule has 1 rings (SSSR count). The van der Waals surface area contributed by atoms with Gasteiger partial charge in [-0.15, -0.1) is 0 Å². The second-order valence-corrected chi connectivity index (χ2v) is 5.08. The molecule has 0 fully saturated rings. The van der Waals surface area contributed by atoms with E-state index in [1.807, 2.05) is 13.0 Å². The monoisotopic (exact) mass is 247 g/mol. The van der Waals surface area contributed by atoms with Crippen LogP contribution in [-0.4, -0.2) is 11.8 Å². The van der Waals surface area contributed by atoms with Crippen LogP contribution in [0.25, 0.3) is 0 Å². The third-order valence-electron chi connectivity index (χ3n) is 1.97. The molecule has 84 valence electrons. The van der Waals surface area contributed by atoms with Gasteiger partial charge in [0, 0.05) is 11.8 Å². The van der Waals surface area contributed by atoms with E-state index in [-0.39, 0.29) is 16.9 Å². The molecule has 1 unspecified atom stereocenters. The van der Waals surface area contributed by atoms with Crippen LogP contribution in [-0.2, 0) is 5.75 Å². The molecular formula is C11H15ClFNS. The number of thioether (sulfide) groups is 1. The fourth-order valence-corrected chi connectivity index (χ4v) is 2.30. The highest BCUT2D eigenvalue weighted by atomic mass is 35.5. The maximum absolute atomic E-state index is 13.1. The van der Waals surface area contributed by atoms with Gasteiger partial charge < -0.3 is 5.73 Å². The zero-order valence-corrected chi connectivity index (χ0v) is 10.2. The van der Waals surface area contributed by atoms with Gasteiger partial charge in [0.05, 0.1) is 5.02 Å². The van der Waals surface area contributed by atoms with Gasteiger partial charge in [-0.1, -0.05) is 17.7 Å². The number of nitrogens with two attached hydrogens (primary N) is 1. The van der Waals surface area contributed by atoms with Gasteiger partial charge >= 0.3 is 0 Å². The molecule has 0 aliphatic rings. The van der Waals surface area contributed by atoms with Crippen LogP contribution in [0.5, 0.6) is 0 Å². The van der Waals surface area contributed by atoms with Crippen molar-refractivity contribution in [3.05, 3.63) is 34.6 Å². The second kappa shape index (κ2) is 6.36. The molecule has 2 N–H and O–H groups in total. The van der Waals surface area contributed by atoms with Gasteiger partial charge in [-0.25, -0.2) is 4.39 Å². The summed E-state index contributed by atoms with van der Waals surface area (Å²) in [6.45, 7) is 1.99. The van der Waals surface area contributed by atoms with Gasteiger partial charge in [-0.05, 0) is 36.8 Å². The standard InChI is InChI=1S/C11H15ClFNS/c1-8(14)4-5-15-7-9-2-3-10(12)11(13)6-9/h2-3,6,8H,4-5,7,14H2,1H3. The molecule has 15 heavy (non-hydrogen) atoms. The summed E-state index contributed by atoms with van der Waals surface area (Å²) in [5, 5.41) is 0.180. The van der Waals surface area contributed by atoms with E-state index in [1.54, 1.807) is 17.8 Å². The lowest BCUT2D eigenvalue weighted by Gasteiger charge is -2.05. The molecule has 1 aromatic carbocycles. The molecule has 1 aromatic rings. The Morgan fingerprint density at radius 3 is 2.87 bits per heavy atom. The van der Waals surface area contributed by atoms with Crippen molar-refractivity contribution in [2.75, 3.05) is 5.75 Å². The molecule has 0 aromatic heterocycles. The van der Waals surface area contributed by atoms with Crippen molar-refractivity contribution in [2.24, 2.45) is 5.73 Å².